The Balaban J connectivity index is 1.53. The number of hydrogen-bond donors (Lipinski definition) is 1. The summed E-state index contributed by atoms with van der Waals surface area (Å²) in [5.74, 6) is -0.278. The minimum absolute atomic E-state index is 0.278. The number of benzene rings is 3. The normalized spacial score (nSPS) is 11.8. The highest BCUT2D eigenvalue weighted by atomic mass is 16.5. The van der Waals surface area contributed by atoms with E-state index in [0.717, 1.165) is 33.4 Å². The number of ether oxygens (including phenoxy) is 1. The Labute approximate surface area is 176 Å². The van der Waals surface area contributed by atoms with Gasteiger partial charge in [-0.3, -0.25) is 4.98 Å². The molecule has 0 bridgehead atoms. The molecule has 30 heavy (non-hydrogen) atoms. The average molecular weight is 396 g/mol. The van der Waals surface area contributed by atoms with Gasteiger partial charge in [-0.2, -0.15) is 0 Å². The highest BCUT2D eigenvalue weighted by Crippen LogP contribution is 2.22. The van der Waals surface area contributed by atoms with Gasteiger partial charge in [-0.05, 0) is 42.3 Å². The highest BCUT2D eigenvalue weighted by molar-refractivity contribution is 5.81. The van der Waals surface area contributed by atoms with E-state index in [-0.39, 0.29) is 5.97 Å². The zero-order chi connectivity index (χ0) is 20.8. The lowest BCUT2D eigenvalue weighted by Crippen LogP contribution is -2.33. The van der Waals surface area contributed by atoms with Crippen molar-refractivity contribution in [1.29, 1.82) is 0 Å². The number of fused-ring (bicyclic) bond motifs is 1. The van der Waals surface area contributed by atoms with Gasteiger partial charge in [0.2, 0.25) is 0 Å². The molecule has 4 nitrogen and oxygen atoms in total. The third-order valence-corrected chi connectivity index (χ3v) is 4.97. The maximum atomic E-state index is 12.6. The van der Waals surface area contributed by atoms with Crippen LogP contribution in [-0.2, 0) is 16.0 Å². The van der Waals surface area contributed by atoms with Gasteiger partial charge < -0.3 is 10.1 Å². The highest BCUT2D eigenvalue weighted by Gasteiger charge is 2.21. The maximum Gasteiger partial charge on any atom is 0.328 e. The fraction of sp³-hybridized carbons (Fsp3) is 0.154. The number of aromatic nitrogens is 1. The maximum absolute atomic E-state index is 12.6. The summed E-state index contributed by atoms with van der Waals surface area (Å²) in [7, 11) is 0. The largest absolute Gasteiger partial charge is 0.464 e. The topological polar surface area (TPSA) is 51.2 Å². The average Bonchev–Trinajstić information content (AvgIpc) is 2.80. The molecule has 1 unspecified atom stereocenters. The number of nitrogens with zero attached hydrogens (tertiary/aromatic N) is 1. The summed E-state index contributed by atoms with van der Waals surface area (Å²) in [4.78, 5) is 17.3. The van der Waals surface area contributed by atoms with Crippen molar-refractivity contribution < 1.29 is 9.53 Å². The Kier molecular flexibility index (Phi) is 6.04. The van der Waals surface area contributed by atoms with Gasteiger partial charge in [0.25, 0.3) is 0 Å². The first-order chi connectivity index (χ1) is 14.7. The first-order valence-corrected chi connectivity index (χ1v) is 10.2. The van der Waals surface area contributed by atoms with Gasteiger partial charge >= 0.3 is 5.97 Å². The first kappa shape index (κ1) is 19.6. The van der Waals surface area contributed by atoms with E-state index in [0.29, 0.717) is 13.0 Å². The van der Waals surface area contributed by atoms with Crippen LogP contribution in [0.3, 0.4) is 0 Å². The third kappa shape index (κ3) is 4.66. The van der Waals surface area contributed by atoms with Crippen LogP contribution in [0.1, 0.15) is 12.6 Å². The van der Waals surface area contributed by atoms with Crippen molar-refractivity contribution in [2.24, 2.45) is 0 Å². The molecule has 1 aromatic heterocycles. The summed E-state index contributed by atoms with van der Waals surface area (Å²) in [6, 6.07) is 29.7. The second kappa shape index (κ2) is 9.23. The van der Waals surface area contributed by atoms with Crippen LogP contribution in [0.15, 0.2) is 91.0 Å². The zero-order valence-corrected chi connectivity index (χ0v) is 16.9. The second-order valence-electron chi connectivity index (χ2n) is 7.09. The lowest BCUT2D eigenvalue weighted by molar-refractivity contribution is -0.144. The molecular weight excluding hydrogens is 372 g/mol. The van der Waals surface area contributed by atoms with Crippen molar-refractivity contribution in [3.8, 4) is 11.1 Å². The molecule has 1 heterocycles. The number of carbonyl (C=O) groups excluding carboxylic acids is 1. The standard InChI is InChI=1S/C26H24N2O2/c1-2-30-26(29)25(18-23-17-14-21-10-6-7-11-24(21)28-23)27-22-15-12-20(13-16-22)19-8-4-3-5-9-19/h3-17,25,27H,2,18H2,1H3. The summed E-state index contributed by atoms with van der Waals surface area (Å²) >= 11 is 0. The fourth-order valence-corrected chi connectivity index (χ4v) is 3.46. The molecule has 4 rings (SSSR count). The smallest absolute Gasteiger partial charge is 0.328 e. The predicted octanol–water partition coefficient (Wildman–Crippen LogP) is 5.49. The van der Waals surface area contributed by atoms with Crippen molar-refractivity contribution in [3.63, 3.8) is 0 Å². The van der Waals surface area contributed by atoms with Crippen LogP contribution in [0.25, 0.3) is 22.0 Å². The lowest BCUT2D eigenvalue weighted by Gasteiger charge is -2.18. The monoisotopic (exact) mass is 396 g/mol. The van der Waals surface area contributed by atoms with Crippen LogP contribution < -0.4 is 5.32 Å². The van der Waals surface area contributed by atoms with Gasteiger partial charge in [0, 0.05) is 23.2 Å². The molecule has 3 aromatic carbocycles. The molecule has 4 heteroatoms. The number of pyridine rings is 1. The Morgan fingerprint density at radius 1 is 0.867 bits per heavy atom. The van der Waals surface area contributed by atoms with Gasteiger partial charge in [0.05, 0.1) is 12.1 Å². The quantitative estimate of drug-likeness (QED) is 0.420. The van der Waals surface area contributed by atoms with E-state index in [4.69, 9.17) is 9.72 Å². The fourth-order valence-electron chi connectivity index (χ4n) is 3.46. The van der Waals surface area contributed by atoms with Crippen LogP contribution in [-0.4, -0.2) is 23.6 Å². The van der Waals surface area contributed by atoms with Crippen molar-refractivity contribution in [2.45, 2.75) is 19.4 Å². The van der Waals surface area contributed by atoms with Gasteiger partial charge in [-0.1, -0.05) is 66.7 Å². The van der Waals surface area contributed by atoms with Gasteiger partial charge in [-0.25, -0.2) is 4.79 Å². The second-order valence-corrected chi connectivity index (χ2v) is 7.09. The molecule has 150 valence electrons. The molecule has 1 N–H and O–H groups in total. The van der Waals surface area contributed by atoms with E-state index in [9.17, 15) is 4.79 Å². The summed E-state index contributed by atoms with van der Waals surface area (Å²) in [6.07, 6.45) is 0.449. The Morgan fingerprint density at radius 3 is 2.33 bits per heavy atom. The summed E-state index contributed by atoms with van der Waals surface area (Å²) in [5.41, 5.74) is 4.93. The minimum atomic E-state index is -0.513. The molecule has 0 aliphatic carbocycles. The Hall–Kier alpha value is -3.66. The third-order valence-electron chi connectivity index (χ3n) is 4.97. The van der Waals surface area contributed by atoms with Gasteiger partial charge in [0.15, 0.2) is 0 Å². The SMILES string of the molecule is CCOC(=O)C(Cc1ccc2ccccc2n1)Nc1ccc(-c2ccccc2)cc1. The van der Waals surface area contributed by atoms with E-state index in [2.05, 4.69) is 17.4 Å². The number of anilines is 1. The lowest BCUT2D eigenvalue weighted by atomic mass is 10.0. The number of esters is 1. The Bertz CT molecular complexity index is 1120. The van der Waals surface area contributed by atoms with Crippen LogP contribution >= 0.6 is 0 Å². The van der Waals surface area contributed by atoms with E-state index < -0.39 is 6.04 Å². The van der Waals surface area contributed by atoms with Crippen LogP contribution in [0.2, 0.25) is 0 Å². The molecule has 0 amide bonds. The molecule has 0 saturated heterocycles. The Morgan fingerprint density at radius 2 is 1.57 bits per heavy atom. The van der Waals surface area contributed by atoms with Crippen molar-refractivity contribution in [1.82, 2.24) is 4.98 Å². The van der Waals surface area contributed by atoms with Gasteiger partial charge in [-0.15, -0.1) is 0 Å². The molecule has 0 spiro atoms. The molecule has 4 aromatic rings. The number of hydrogen-bond acceptors (Lipinski definition) is 4. The minimum Gasteiger partial charge on any atom is -0.464 e. The molecule has 0 aliphatic rings. The van der Waals surface area contributed by atoms with E-state index in [1.165, 1.54) is 0 Å². The molecule has 0 radical (unpaired) electrons. The zero-order valence-electron chi connectivity index (χ0n) is 16.9. The number of nitrogens with one attached hydrogen (secondary N) is 1. The predicted molar refractivity (Wildman–Crippen MR) is 121 cm³/mol. The molecule has 0 saturated carbocycles. The summed E-state index contributed by atoms with van der Waals surface area (Å²) < 4.78 is 5.30. The molecule has 1 atom stereocenters. The molecule has 0 aliphatic heterocycles. The van der Waals surface area contributed by atoms with Crippen LogP contribution in [0, 0.1) is 0 Å². The summed E-state index contributed by atoms with van der Waals surface area (Å²) in [6.45, 7) is 2.16. The van der Waals surface area contributed by atoms with E-state index >= 15 is 0 Å². The van der Waals surface area contributed by atoms with Crippen molar-refractivity contribution in [2.75, 3.05) is 11.9 Å². The number of carbonyl (C=O) groups is 1. The van der Waals surface area contributed by atoms with Gasteiger partial charge in [0.1, 0.15) is 6.04 Å². The molecule has 0 fully saturated rings. The summed E-state index contributed by atoms with van der Waals surface area (Å²) in [5, 5.41) is 4.41. The first-order valence-electron chi connectivity index (χ1n) is 10.2. The number of rotatable bonds is 7. The molecular formula is C26H24N2O2. The number of para-hydroxylation sites is 1. The van der Waals surface area contributed by atoms with Crippen LogP contribution in [0.5, 0.6) is 0 Å². The van der Waals surface area contributed by atoms with E-state index in [1.807, 2.05) is 85.8 Å². The van der Waals surface area contributed by atoms with E-state index in [1.54, 1.807) is 0 Å². The van der Waals surface area contributed by atoms with Crippen LogP contribution in [0.4, 0.5) is 5.69 Å². The van der Waals surface area contributed by atoms with Crippen molar-refractivity contribution >= 4 is 22.6 Å². The van der Waals surface area contributed by atoms with Crippen molar-refractivity contribution in [3.05, 3.63) is 96.7 Å².